The first kappa shape index (κ1) is 21.0. The van der Waals surface area contributed by atoms with Gasteiger partial charge in [0.05, 0.1) is 65.8 Å². The number of hydrogen-bond donors (Lipinski definition) is 3. The summed E-state index contributed by atoms with van der Waals surface area (Å²) in [4.78, 5) is 8.33. The summed E-state index contributed by atoms with van der Waals surface area (Å²) in [5.74, 6) is 0. The zero-order valence-electron chi connectivity index (χ0n) is 13.1. The maximum atomic E-state index is 8.33. The lowest BCUT2D eigenvalue weighted by atomic mass is 10.5. The van der Waals surface area contributed by atoms with E-state index in [-0.39, 0.29) is 0 Å². The number of quaternary nitrogens is 2. The molecule has 0 aromatic carbocycles. The van der Waals surface area contributed by atoms with Gasteiger partial charge in [0.25, 0.3) is 0 Å². The van der Waals surface area contributed by atoms with Crippen molar-refractivity contribution >= 4 is 6.16 Å². The van der Waals surface area contributed by atoms with Crippen LogP contribution in [-0.2, 0) is 14.2 Å². The first-order chi connectivity index (χ1) is 10.7. The number of carboxylic acid groups (broad SMARTS) is 2. The molecule has 3 rings (SSSR count). The molecule has 0 aromatic rings. The van der Waals surface area contributed by atoms with Crippen LogP contribution in [0.2, 0.25) is 0 Å². The Hall–Kier alpha value is -0.970. The second-order valence-electron chi connectivity index (χ2n) is 4.57. The average molecular weight is 323 g/mol. The Kier molecular flexibility index (Phi) is 17.3. The molecule has 3 fully saturated rings. The lowest BCUT2D eigenvalue weighted by Crippen LogP contribution is -2.87. The third-order valence-electron chi connectivity index (χ3n) is 2.71. The smallest absolute Gasteiger partial charge is 0.0993 e. The van der Waals surface area contributed by atoms with E-state index in [4.69, 9.17) is 29.2 Å². The molecule has 5 N–H and O–H groups in total. The predicted octanol–water partition coefficient (Wildman–Crippen LogP) is -5.68. The molecule has 3 saturated heterocycles. The molecule has 0 atom stereocenters. The Labute approximate surface area is 131 Å². The third kappa shape index (κ3) is 21.3. The quantitative estimate of drug-likeness (QED) is 0.404. The minimum atomic E-state index is -2.33. The van der Waals surface area contributed by atoms with Crippen molar-refractivity contribution in [1.82, 2.24) is 5.32 Å². The number of carbonyl (C=O) groups is 1. The van der Waals surface area contributed by atoms with Crippen LogP contribution in [0.4, 0.5) is 4.79 Å². The molecule has 0 amide bonds. The highest BCUT2D eigenvalue weighted by atomic mass is 16.6. The molecular formula is C13H29N3O6. The summed E-state index contributed by atoms with van der Waals surface area (Å²) in [7, 11) is 0. The molecule has 0 bridgehead atoms. The molecule has 0 aromatic heterocycles. The standard InChI is InChI=1S/3C4H9NO.CH2O3/c3*1-3-6-4-2-5-1;2-1(3)4/h3*5H,1-4H2;(H2,2,3,4). The van der Waals surface area contributed by atoms with Crippen LogP contribution in [0.25, 0.3) is 0 Å². The Balaban J connectivity index is 0.000000271. The van der Waals surface area contributed by atoms with Gasteiger partial charge in [0, 0.05) is 13.1 Å². The molecule has 22 heavy (non-hydrogen) atoms. The molecule has 0 radical (unpaired) electrons. The average Bonchev–Trinajstić information content (AvgIpc) is 2.60. The molecule has 9 heteroatoms. The second kappa shape index (κ2) is 18.1. The van der Waals surface area contributed by atoms with E-state index in [0.717, 1.165) is 78.9 Å². The molecular weight excluding hydrogens is 294 g/mol. The number of rotatable bonds is 0. The largest absolute Gasteiger partial charge is 0.652 e. The molecule has 0 spiro atoms. The van der Waals surface area contributed by atoms with Crippen LogP contribution in [-0.4, -0.2) is 85.1 Å². The fourth-order valence-corrected chi connectivity index (χ4v) is 1.68. The van der Waals surface area contributed by atoms with Crippen LogP contribution < -0.4 is 26.2 Å². The van der Waals surface area contributed by atoms with E-state index >= 15 is 0 Å². The topological polar surface area (TPSA) is 136 Å². The lowest BCUT2D eigenvalue weighted by molar-refractivity contribution is -0.670. The van der Waals surface area contributed by atoms with Crippen LogP contribution in [0.3, 0.4) is 0 Å². The summed E-state index contributed by atoms with van der Waals surface area (Å²) in [6.45, 7) is 12.2. The van der Waals surface area contributed by atoms with Gasteiger partial charge in [-0.1, -0.05) is 0 Å². The summed E-state index contributed by atoms with van der Waals surface area (Å²) in [6.07, 6.45) is -2.33. The first-order valence-electron chi connectivity index (χ1n) is 7.68. The van der Waals surface area contributed by atoms with Gasteiger partial charge in [-0.15, -0.1) is 0 Å². The van der Waals surface area contributed by atoms with Gasteiger partial charge in [-0.3, -0.25) is 0 Å². The van der Waals surface area contributed by atoms with Crippen molar-refractivity contribution in [3.8, 4) is 0 Å². The number of nitrogens with one attached hydrogen (secondary N) is 1. The van der Waals surface area contributed by atoms with Gasteiger partial charge in [-0.05, 0) is 6.16 Å². The van der Waals surface area contributed by atoms with Crippen molar-refractivity contribution in [2.75, 3.05) is 78.9 Å². The van der Waals surface area contributed by atoms with Gasteiger partial charge in [0.15, 0.2) is 0 Å². The van der Waals surface area contributed by atoms with Crippen molar-refractivity contribution in [2.45, 2.75) is 0 Å². The van der Waals surface area contributed by atoms with Crippen LogP contribution in [0.15, 0.2) is 0 Å². The Morgan fingerprint density at radius 3 is 1.14 bits per heavy atom. The molecule has 0 unspecified atom stereocenters. The normalized spacial score (nSPS) is 20.7. The van der Waals surface area contributed by atoms with Gasteiger partial charge >= 0.3 is 0 Å². The number of nitrogens with two attached hydrogens (primary N) is 2. The second-order valence-corrected chi connectivity index (χ2v) is 4.57. The molecule has 9 nitrogen and oxygen atoms in total. The number of hydrogen-bond acceptors (Lipinski definition) is 7. The fourth-order valence-electron chi connectivity index (χ4n) is 1.68. The monoisotopic (exact) mass is 323 g/mol. The SMILES string of the molecule is C1COCCN1.C1COCC[NH2+]1.C1COCC[NH2+]1.O=C([O-])[O-]. The van der Waals surface area contributed by atoms with E-state index in [1.54, 1.807) is 0 Å². The minimum absolute atomic E-state index is 0.889. The van der Waals surface area contributed by atoms with E-state index in [2.05, 4.69) is 16.0 Å². The summed E-state index contributed by atoms with van der Waals surface area (Å²) in [6, 6.07) is 0. The zero-order chi connectivity index (χ0) is 16.3. The van der Waals surface area contributed by atoms with Gasteiger partial charge in [-0.25, -0.2) is 0 Å². The van der Waals surface area contributed by atoms with Gasteiger partial charge in [0.1, 0.15) is 0 Å². The maximum Gasteiger partial charge on any atom is 0.0993 e. The summed E-state index contributed by atoms with van der Waals surface area (Å²) < 4.78 is 15.1. The van der Waals surface area contributed by atoms with Gasteiger partial charge in [0.2, 0.25) is 0 Å². The van der Waals surface area contributed by atoms with E-state index in [1.165, 1.54) is 0 Å². The van der Waals surface area contributed by atoms with Crippen LogP contribution in [0, 0.1) is 0 Å². The molecule has 0 aliphatic carbocycles. The summed E-state index contributed by atoms with van der Waals surface area (Å²) in [5.41, 5.74) is 0. The fraction of sp³-hybridized carbons (Fsp3) is 0.923. The number of carbonyl (C=O) groups excluding carboxylic acids is 1. The van der Waals surface area contributed by atoms with Crippen LogP contribution in [0.5, 0.6) is 0 Å². The third-order valence-corrected chi connectivity index (χ3v) is 2.71. The van der Waals surface area contributed by atoms with Crippen LogP contribution >= 0.6 is 0 Å². The van der Waals surface area contributed by atoms with E-state index in [9.17, 15) is 0 Å². The highest BCUT2D eigenvalue weighted by Gasteiger charge is 1.97. The van der Waals surface area contributed by atoms with Crippen molar-refractivity contribution in [3.63, 3.8) is 0 Å². The number of ether oxygens (including phenoxy) is 3. The highest BCUT2D eigenvalue weighted by Crippen LogP contribution is 1.76. The predicted molar refractivity (Wildman–Crippen MR) is 74.0 cm³/mol. The lowest BCUT2D eigenvalue weighted by Gasteiger charge is -2.10. The Morgan fingerprint density at radius 2 is 1.05 bits per heavy atom. The molecule has 3 heterocycles. The van der Waals surface area contributed by atoms with E-state index in [0.29, 0.717) is 0 Å². The summed E-state index contributed by atoms with van der Waals surface area (Å²) in [5, 5.41) is 24.4. The number of morpholine rings is 3. The van der Waals surface area contributed by atoms with Gasteiger partial charge < -0.3 is 45.2 Å². The summed E-state index contributed by atoms with van der Waals surface area (Å²) >= 11 is 0. The molecule has 3 aliphatic rings. The van der Waals surface area contributed by atoms with E-state index in [1.807, 2.05) is 0 Å². The van der Waals surface area contributed by atoms with E-state index < -0.39 is 6.16 Å². The zero-order valence-corrected chi connectivity index (χ0v) is 13.1. The van der Waals surface area contributed by atoms with Crippen LogP contribution in [0.1, 0.15) is 0 Å². The van der Waals surface area contributed by atoms with Gasteiger partial charge in [-0.2, -0.15) is 0 Å². The maximum absolute atomic E-state index is 8.33. The minimum Gasteiger partial charge on any atom is -0.652 e. The van der Waals surface area contributed by atoms with Crippen molar-refractivity contribution in [2.24, 2.45) is 0 Å². The van der Waals surface area contributed by atoms with Crippen molar-refractivity contribution in [3.05, 3.63) is 0 Å². The highest BCUT2D eigenvalue weighted by molar-refractivity contribution is 5.47. The molecule has 0 saturated carbocycles. The molecule has 3 aliphatic heterocycles. The van der Waals surface area contributed by atoms with Crippen molar-refractivity contribution < 1.29 is 39.9 Å². The first-order valence-corrected chi connectivity index (χ1v) is 7.68. The molecule has 132 valence electrons. The Morgan fingerprint density at radius 1 is 0.727 bits per heavy atom. The Bertz CT molecular complexity index is 167. The van der Waals surface area contributed by atoms with Crippen molar-refractivity contribution in [1.29, 1.82) is 0 Å².